The summed E-state index contributed by atoms with van der Waals surface area (Å²) < 4.78 is 62.2. The number of hydrogen-bond donors (Lipinski definition) is 1. The van der Waals surface area contributed by atoms with Gasteiger partial charge < -0.3 is 4.90 Å². The molecule has 1 aliphatic rings. The number of piperidine rings is 1. The highest BCUT2D eigenvalue weighted by molar-refractivity contribution is 7.89. The van der Waals surface area contributed by atoms with Crippen LogP contribution in [-0.4, -0.2) is 37.6 Å². The molecule has 0 saturated carbocycles. The summed E-state index contributed by atoms with van der Waals surface area (Å²) in [5.41, 5.74) is -0.635. The zero-order valence-corrected chi connectivity index (χ0v) is 11.7. The molecule has 1 aromatic rings. The number of amides is 1. The zero-order valence-electron chi connectivity index (χ0n) is 10.9. The second-order valence-electron chi connectivity index (χ2n) is 4.83. The summed E-state index contributed by atoms with van der Waals surface area (Å²) in [6, 6.07) is 1.48. The highest BCUT2D eigenvalue weighted by atomic mass is 32.2. The van der Waals surface area contributed by atoms with Crippen molar-refractivity contribution in [2.24, 2.45) is 5.14 Å². The van der Waals surface area contributed by atoms with Gasteiger partial charge in [0.25, 0.3) is 5.91 Å². The second kappa shape index (κ2) is 5.64. The van der Waals surface area contributed by atoms with Gasteiger partial charge in [-0.25, -0.2) is 26.7 Å². The standard InChI is InChI=1S/C12H13F3N2O3S/c13-9-4-3-8(10(14)11(9)15)12(18)17-5-1-2-7(6-17)21(16,19)20/h3-4,7H,1-2,5-6H2,(H2,16,19,20). The number of carbonyl (C=O) groups excluding carboxylic acids is 1. The fraction of sp³-hybridized carbons (Fsp3) is 0.417. The van der Waals surface area contributed by atoms with Crippen molar-refractivity contribution in [1.29, 1.82) is 0 Å². The number of sulfonamides is 1. The number of halogens is 3. The molecule has 1 atom stereocenters. The summed E-state index contributed by atoms with van der Waals surface area (Å²) in [5.74, 6) is -5.61. The Morgan fingerprint density at radius 3 is 2.52 bits per heavy atom. The lowest BCUT2D eigenvalue weighted by atomic mass is 10.1. The number of carbonyl (C=O) groups is 1. The third-order valence-corrected chi connectivity index (χ3v) is 4.71. The van der Waals surface area contributed by atoms with Crippen LogP contribution in [0.2, 0.25) is 0 Å². The van der Waals surface area contributed by atoms with E-state index in [1.165, 1.54) is 0 Å². The van der Waals surface area contributed by atoms with Crippen molar-refractivity contribution in [2.75, 3.05) is 13.1 Å². The second-order valence-corrected chi connectivity index (χ2v) is 6.67. The molecule has 116 valence electrons. The molecule has 0 aromatic heterocycles. The summed E-state index contributed by atoms with van der Waals surface area (Å²) in [6.07, 6.45) is 0.668. The minimum Gasteiger partial charge on any atom is -0.337 e. The SMILES string of the molecule is NS(=O)(=O)C1CCCN(C(=O)c2ccc(F)c(F)c2F)C1. The van der Waals surface area contributed by atoms with Crippen molar-refractivity contribution in [3.05, 3.63) is 35.1 Å². The number of benzene rings is 1. The third kappa shape index (κ3) is 3.18. The first kappa shape index (κ1) is 15.8. The number of primary sulfonamides is 1. The van der Waals surface area contributed by atoms with Crippen LogP contribution < -0.4 is 5.14 Å². The molecule has 2 N–H and O–H groups in total. The minimum atomic E-state index is -3.82. The Bertz CT molecular complexity index is 679. The Morgan fingerprint density at radius 2 is 1.90 bits per heavy atom. The van der Waals surface area contributed by atoms with Gasteiger partial charge in [0.2, 0.25) is 10.0 Å². The number of rotatable bonds is 2. The van der Waals surface area contributed by atoms with Crippen molar-refractivity contribution >= 4 is 15.9 Å². The van der Waals surface area contributed by atoms with Gasteiger partial charge in [0.1, 0.15) is 0 Å². The Balaban J connectivity index is 2.26. The molecule has 0 bridgehead atoms. The molecule has 1 aliphatic heterocycles. The maximum atomic E-state index is 13.6. The summed E-state index contributed by atoms with van der Waals surface area (Å²) in [5, 5.41) is 4.09. The fourth-order valence-electron chi connectivity index (χ4n) is 2.25. The van der Waals surface area contributed by atoms with Gasteiger partial charge in [-0.2, -0.15) is 0 Å². The van der Waals surface area contributed by atoms with Crippen LogP contribution in [0.5, 0.6) is 0 Å². The van der Waals surface area contributed by atoms with Crippen molar-refractivity contribution < 1.29 is 26.4 Å². The van der Waals surface area contributed by atoms with Gasteiger partial charge in [-0.15, -0.1) is 0 Å². The molecule has 1 amide bonds. The lowest BCUT2D eigenvalue weighted by molar-refractivity contribution is 0.0721. The summed E-state index contributed by atoms with van der Waals surface area (Å²) >= 11 is 0. The Kier molecular flexibility index (Phi) is 4.24. The normalized spacial score (nSPS) is 19.6. The van der Waals surface area contributed by atoms with Crippen LogP contribution in [0.3, 0.4) is 0 Å². The van der Waals surface area contributed by atoms with Crippen LogP contribution in [0.25, 0.3) is 0 Å². The van der Waals surface area contributed by atoms with Gasteiger partial charge in [-0.05, 0) is 25.0 Å². The zero-order chi connectivity index (χ0) is 15.8. The molecule has 0 aliphatic carbocycles. The van der Waals surface area contributed by atoms with Crippen LogP contribution in [0.1, 0.15) is 23.2 Å². The van der Waals surface area contributed by atoms with E-state index in [2.05, 4.69) is 0 Å². The van der Waals surface area contributed by atoms with Gasteiger partial charge in [0.05, 0.1) is 10.8 Å². The first-order valence-corrected chi connectivity index (χ1v) is 7.77. The van der Waals surface area contributed by atoms with Gasteiger partial charge >= 0.3 is 0 Å². The lowest BCUT2D eigenvalue weighted by Gasteiger charge is -2.31. The van der Waals surface area contributed by atoms with E-state index in [4.69, 9.17) is 5.14 Å². The topological polar surface area (TPSA) is 80.5 Å². The predicted molar refractivity (Wildman–Crippen MR) is 68.3 cm³/mol. The van der Waals surface area contributed by atoms with Crippen molar-refractivity contribution in [2.45, 2.75) is 18.1 Å². The van der Waals surface area contributed by atoms with Crippen LogP contribution in [0, 0.1) is 17.5 Å². The number of nitrogens with two attached hydrogens (primary N) is 1. The molecular formula is C12H13F3N2O3S. The van der Waals surface area contributed by atoms with Gasteiger partial charge in [0, 0.05) is 13.1 Å². The first-order valence-electron chi connectivity index (χ1n) is 6.16. The van der Waals surface area contributed by atoms with Gasteiger partial charge in [-0.1, -0.05) is 0 Å². The molecule has 0 spiro atoms. The van der Waals surface area contributed by atoms with E-state index >= 15 is 0 Å². The molecule has 1 unspecified atom stereocenters. The van der Waals surface area contributed by atoms with Crippen molar-refractivity contribution in [3.63, 3.8) is 0 Å². The molecule has 0 radical (unpaired) electrons. The molecule has 5 nitrogen and oxygen atoms in total. The molecule has 1 saturated heterocycles. The van der Waals surface area contributed by atoms with E-state index < -0.39 is 44.2 Å². The van der Waals surface area contributed by atoms with Crippen LogP contribution in [0.15, 0.2) is 12.1 Å². The van der Waals surface area contributed by atoms with E-state index in [0.29, 0.717) is 18.9 Å². The van der Waals surface area contributed by atoms with Crippen molar-refractivity contribution in [3.8, 4) is 0 Å². The Morgan fingerprint density at radius 1 is 1.24 bits per heavy atom. The molecular weight excluding hydrogens is 309 g/mol. The monoisotopic (exact) mass is 322 g/mol. The van der Waals surface area contributed by atoms with E-state index in [1.54, 1.807) is 0 Å². The van der Waals surface area contributed by atoms with Crippen LogP contribution >= 0.6 is 0 Å². The van der Waals surface area contributed by atoms with E-state index in [0.717, 1.165) is 11.0 Å². The molecule has 1 heterocycles. The summed E-state index contributed by atoms with van der Waals surface area (Å²) in [4.78, 5) is 13.2. The maximum Gasteiger partial charge on any atom is 0.256 e. The lowest BCUT2D eigenvalue weighted by Crippen LogP contribution is -2.47. The maximum absolute atomic E-state index is 13.6. The summed E-state index contributed by atoms with van der Waals surface area (Å²) in [6.45, 7) is -0.000604. The van der Waals surface area contributed by atoms with Crippen LogP contribution in [0.4, 0.5) is 13.2 Å². The van der Waals surface area contributed by atoms with E-state index in [-0.39, 0.29) is 13.1 Å². The largest absolute Gasteiger partial charge is 0.337 e. The highest BCUT2D eigenvalue weighted by Crippen LogP contribution is 2.21. The molecule has 9 heteroatoms. The molecule has 1 fully saturated rings. The Labute approximate surface area is 119 Å². The van der Waals surface area contributed by atoms with E-state index in [1.807, 2.05) is 0 Å². The number of likely N-dealkylation sites (tertiary alicyclic amines) is 1. The first-order chi connectivity index (χ1) is 9.71. The van der Waals surface area contributed by atoms with Crippen molar-refractivity contribution in [1.82, 2.24) is 4.90 Å². The minimum absolute atomic E-state index is 0.198. The predicted octanol–water partition coefficient (Wildman–Crippen LogP) is 0.997. The molecule has 2 rings (SSSR count). The third-order valence-electron chi connectivity index (χ3n) is 3.40. The Hall–Kier alpha value is -1.61. The average Bonchev–Trinajstić information content (AvgIpc) is 2.43. The quantitative estimate of drug-likeness (QED) is 0.825. The van der Waals surface area contributed by atoms with E-state index in [9.17, 15) is 26.4 Å². The van der Waals surface area contributed by atoms with Crippen LogP contribution in [-0.2, 0) is 10.0 Å². The van der Waals surface area contributed by atoms with Gasteiger partial charge in [-0.3, -0.25) is 4.79 Å². The molecule has 21 heavy (non-hydrogen) atoms. The average molecular weight is 322 g/mol. The number of hydrogen-bond acceptors (Lipinski definition) is 3. The van der Waals surface area contributed by atoms with Gasteiger partial charge in [0.15, 0.2) is 17.5 Å². The molecule has 1 aromatic carbocycles. The number of nitrogens with zero attached hydrogens (tertiary/aromatic N) is 1. The smallest absolute Gasteiger partial charge is 0.256 e. The highest BCUT2D eigenvalue weighted by Gasteiger charge is 2.32. The summed E-state index contributed by atoms with van der Waals surface area (Å²) in [7, 11) is -3.82. The fourth-order valence-corrected chi connectivity index (χ4v) is 3.14.